The predicted octanol–water partition coefficient (Wildman–Crippen LogP) is 3.88. The van der Waals surface area contributed by atoms with Gasteiger partial charge in [-0.25, -0.2) is 0 Å². The van der Waals surface area contributed by atoms with Gasteiger partial charge in [-0.2, -0.15) is 0 Å². The molecule has 0 aromatic heterocycles. The summed E-state index contributed by atoms with van der Waals surface area (Å²) in [5, 5.41) is 15.3. The lowest BCUT2D eigenvalue weighted by atomic mass is 10.1. The minimum Gasteiger partial charge on any atom is -0.508 e. The third kappa shape index (κ3) is 3.61. The summed E-state index contributed by atoms with van der Waals surface area (Å²) in [4.78, 5) is 0. The van der Waals surface area contributed by atoms with E-state index in [9.17, 15) is 5.11 Å². The number of phenolic OH excluding ortho intramolecular Hbond substituents is 1. The van der Waals surface area contributed by atoms with Gasteiger partial charge in [0.2, 0.25) is 0 Å². The van der Waals surface area contributed by atoms with E-state index in [0.29, 0.717) is 5.75 Å². The molecule has 2 heteroatoms. The molecule has 0 spiro atoms. The number of phenols is 1. The van der Waals surface area contributed by atoms with Gasteiger partial charge < -0.3 is 10.4 Å². The van der Waals surface area contributed by atoms with Crippen LogP contribution in [0.1, 0.15) is 11.1 Å². The molecule has 2 N–H and O–H groups in total. The SMILES string of the molecule is Oc1ccc(CCNCc2ccc3ccccc3c2)cc1. The van der Waals surface area contributed by atoms with Crippen molar-refractivity contribution in [3.05, 3.63) is 77.9 Å². The van der Waals surface area contributed by atoms with Gasteiger partial charge in [0.15, 0.2) is 0 Å². The van der Waals surface area contributed by atoms with Crippen molar-refractivity contribution in [1.29, 1.82) is 0 Å². The van der Waals surface area contributed by atoms with Crippen LogP contribution >= 0.6 is 0 Å². The molecule has 0 unspecified atom stereocenters. The molecular weight excluding hydrogens is 258 g/mol. The number of nitrogens with one attached hydrogen (secondary N) is 1. The first-order chi connectivity index (χ1) is 10.3. The molecule has 0 radical (unpaired) electrons. The van der Waals surface area contributed by atoms with Crippen molar-refractivity contribution in [1.82, 2.24) is 5.32 Å². The molecule has 21 heavy (non-hydrogen) atoms. The van der Waals surface area contributed by atoms with E-state index in [0.717, 1.165) is 19.5 Å². The molecule has 0 amide bonds. The van der Waals surface area contributed by atoms with E-state index >= 15 is 0 Å². The second kappa shape index (κ2) is 6.42. The fraction of sp³-hybridized carbons (Fsp3) is 0.158. The number of rotatable bonds is 5. The Kier molecular flexibility index (Phi) is 4.17. The van der Waals surface area contributed by atoms with Gasteiger partial charge >= 0.3 is 0 Å². The molecule has 0 fully saturated rings. The molecular formula is C19H19NO. The summed E-state index contributed by atoms with van der Waals surface area (Å²) in [6.45, 7) is 1.81. The number of fused-ring (bicyclic) bond motifs is 1. The van der Waals surface area contributed by atoms with Crippen LogP contribution in [0, 0.1) is 0 Å². The van der Waals surface area contributed by atoms with E-state index in [1.165, 1.54) is 21.9 Å². The molecule has 0 aliphatic heterocycles. The average molecular weight is 277 g/mol. The molecule has 106 valence electrons. The van der Waals surface area contributed by atoms with Crippen molar-refractivity contribution in [2.75, 3.05) is 6.54 Å². The van der Waals surface area contributed by atoms with Crippen LogP contribution < -0.4 is 5.32 Å². The highest BCUT2D eigenvalue weighted by Gasteiger charge is 1.97. The summed E-state index contributed by atoms with van der Waals surface area (Å²) in [5.41, 5.74) is 2.54. The Morgan fingerprint density at radius 2 is 1.48 bits per heavy atom. The lowest BCUT2D eigenvalue weighted by molar-refractivity contribution is 0.475. The van der Waals surface area contributed by atoms with Crippen LogP contribution in [0.4, 0.5) is 0 Å². The van der Waals surface area contributed by atoms with Crippen molar-refractivity contribution in [2.24, 2.45) is 0 Å². The molecule has 0 aliphatic rings. The second-order valence-corrected chi connectivity index (χ2v) is 5.27. The summed E-state index contributed by atoms with van der Waals surface area (Å²) in [5.74, 6) is 0.322. The third-order valence-corrected chi connectivity index (χ3v) is 3.67. The first-order valence-corrected chi connectivity index (χ1v) is 7.27. The van der Waals surface area contributed by atoms with Crippen LogP contribution in [0.5, 0.6) is 5.75 Å². The molecule has 3 rings (SSSR count). The Labute approximate surface area is 125 Å². The topological polar surface area (TPSA) is 32.3 Å². The number of aromatic hydroxyl groups is 1. The van der Waals surface area contributed by atoms with E-state index in [1.54, 1.807) is 12.1 Å². The first-order valence-electron chi connectivity index (χ1n) is 7.27. The van der Waals surface area contributed by atoms with Crippen LogP contribution in [0.25, 0.3) is 10.8 Å². The van der Waals surface area contributed by atoms with Crippen molar-refractivity contribution < 1.29 is 5.11 Å². The summed E-state index contributed by atoms with van der Waals surface area (Å²) >= 11 is 0. The van der Waals surface area contributed by atoms with Gasteiger partial charge in [-0.3, -0.25) is 0 Å². The summed E-state index contributed by atoms with van der Waals surface area (Å²) in [6.07, 6.45) is 0.966. The fourth-order valence-electron chi connectivity index (χ4n) is 2.48. The zero-order valence-corrected chi connectivity index (χ0v) is 11.9. The molecule has 0 aliphatic carbocycles. The molecule has 0 atom stereocenters. The monoisotopic (exact) mass is 277 g/mol. The lowest BCUT2D eigenvalue weighted by Crippen LogP contribution is -2.16. The first kappa shape index (κ1) is 13.7. The minimum atomic E-state index is 0.322. The normalized spacial score (nSPS) is 10.9. The van der Waals surface area contributed by atoms with Crippen LogP contribution in [0.2, 0.25) is 0 Å². The van der Waals surface area contributed by atoms with Crippen molar-refractivity contribution in [3.63, 3.8) is 0 Å². The minimum absolute atomic E-state index is 0.322. The van der Waals surface area contributed by atoms with E-state index in [1.807, 2.05) is 12.1 Å². The predicted molar refractivity (Wildman–Crippen MR) is 87.5 cm³/mol. The zero-order valence-electron chi connectivity index (χ0n) is 11.9. The molecule has 0 saturated carbocycles. The molecule has 3 aromatic rings. The van der Waals surface area contributed by atoms with E-state index in [2.05, 4.69) is 47.8 Å². The summed E-state index contributed by atoms with van der Waals surface area (Å²) in [6, 6.07) is 22.4. The maximum atomic E-state index is 9.25. The van der Waals surface area contributed by atoms with E-state index in [-0.39, 0.29) is 0 Å². The highest BCUT2D eigenvalue weighted by Crippen LogP contribution is 2.15. The summed E-state index contributed by atoms with van der Waals surface area (Å²) < 4.78 is 0. The van der Waals surface area contributed by atoms with Gasteiger partial charge in [-0.05, 0) is 53.1 Å². The van der Waals surface area contributed by atoms with Gasteiger partial charge in [0.05, 0.1) is 0 Å². The van der Waals surface area contributed by atoms with E-state index in [4.69, 9.17) is 0 Å². The van der Waals surface area contributed by atoms with Gasteiger partial charge in [0.25, 0.3) is 0 Å². The molecule has 0 bridgehead atoms. The fourth-order valence-corrected chi connectivity index (χ4v) is 2.48. The number of benzene rings is 3. The van der Waals surface area contributed by atoms with Crippen LogP contribution in [-0.2, 0) is 13.0 Å². The molecule has 2 nitrogen and oxygen atoms in total. The second-order valence-electron chi connectivity index (χ2n) is 5.27. The average Bonchev–Trinajstić information content (AvgIpc) is 2.53. The Morgan fingerprint density at radius 1 is 0.762 bits per heavy atom. The molecule has 0 saturated heterocycles. The van der Waals surface area contributed by atoms with Gasteiger partial charge in [0.1, 0.15) is 5.75 Å². The largest absolute Gasteiger partial charge is 0.508 e. The quantitative estimate of drug-likeness (QED) is 0.694. The zero-order chi connectivity index (χ0) is 14.5. The smallest absolute Gasteiger partial charge is 0.115 e. The highest BCUT2D eigenvalue weighted by atomic mass is 16.3. The van der Waals surface area contributed by atoms with Gasteiger partial charge in [0, 0.05) is 6.54 Å². The maximum absolute atomic E-state index is 9.25. The van der Waals surface area contributed by atoms with Crippen molar-refractivity contribution >= 4 is 10.8 Å². The Hall–Kier alpha value is -2.32. The van der Waals surface area contributed by atoms with Crippen LogP contribution in [0.3, 0.4) is 0 Å². The molecule has 0 heterocycles. The van der Waals surface area contributed by atoms with Gasteiger partial charge in [-0.15, -0.1) is 0 Å². The summed E-state index contributed by atoms with van der Waals surface area (Å²) in [7, 11) is 0. The Balaban J connectivity index is 1.53. The van der Waals surface area contributed by atoms with E-state index < -0.39 is 0 Å². The number of hydrogen-bond donors (Lipinski definition) is 2. The van der Waals surface area contributed by atoms with Gasteiger partial charge in [-0.1, -0.05) is 48.5 Å². The van der Waals surface area contributed by atoms with Crippen molar-refractivity contribution in [3.8, 4) is 5.75 Å². The lowest BCUT2D eigenvalue weighted by Gasteiger charge is -2.07. The highest BCUT2D eigenvalue weighted by molar-refractivity contribution is 5.82. The maximum Gasteiger partial charge on any atom is 0.115 e. The van der Waals surface area contributed by atoms with Crippen molar-refractivity contribution in [2.45, 2.75) is 13.0 Å². The Morgan fingerprint density at radius 3 is 2.29 bits per heavy atom. The van der Waals surface area contributed by atoms with Crippen LogP contribution in [0.15, 0.2) is 66.7 Å². The number of hydrogen-bond acceptors (Lipinski definition) is 2. The van der Waals surface area contributed by atoms with Crippen LogP contribution in [-0.4, -0.2) is 11.7 Å². The standard InChI is InChI=1S/C19H19NO/c21-19-9-6-15(7-10-19)11-12-20-14-16-5-8-17-3-1-2-4-18(17)13-16/h1-10,13,20-21H,11-12,14H2. The Bertz CT molecular complexity index is 719. The molecule has 3 aromatic carbocycles. The third-order valence-electron chi connectivity index (χ3n) is 3.67.